The van der Waals surface area contributed by atoms with Crippen LogP contribution in [-0.4, -0.2) is 12.3 Å². The lowest BCUT2D eigenvalue weighted by molar-refractivity contribution is 0.933. The number of benzene rings is 2. The third-order valence-electron chi connectivity index (χ3n) is 3.89. The lowest BCUT2D eigenvalue weighted by Crippen LogP contribution is -2.01. The van der Waals surface area contributed by atoms with Crippen LogP contribution in [0.25, 0.3) is 6.08 Å². The van der Waals surface area contributed by atoms with Gasteiger partial charge in [0.1, 0.15) is 0 Å². The van der Waals surface area contributed by atoms with Crippen LogP contribution in [0.4, 0.5) is 0 Å². The molecule has 0 aliphatic carbocycles. The van der Waals surface area contributed by atoms with Gasteiger partial charge in [-0.3, -0.25) is 4.99 Å². The molecule has 22 heavy (non-hydrogen) atoms. The van der Waals surface area contributed by atoms with E-state index in [1.165, 1.54) is 27.8 Å². The van der Waals surface area contributed by atoms with Crippen molar-refractivity contribution in [3.05, 3.63) is 76.4 Å². The van der Waals surface area contributed by atoms with Gasteiger partial charge in [-0.25, -0.2) is 0 Å². The number of rotatable bonds is 5. The Bertz CT molecular complexity index is 693. The molecule has 0 unspecified atom stereocenters. The van der Waals surface area contributed by atoms with Crippen molar-refractivity contribution >= 4 is 11.8 Å². The lowest BCUT2D eigenvalue weighted by Gasteiger charge is -2.06. The molecular weight excluding hydrogens is 266 g/mol. The van der Waals surface area contributed by atoms with Crippen LogP contribution in [0.5, 0.6) is 0 Å². The Balaban J connectivity index is 2.33. The molecule has 0 radical (unpaired) electrons. The van der Waals surface area contributed by atoms with E-state index in [0.717, 1.165) is 18.7 Å². The molecule has 0 atom stereocenters. The van der Waals surface area contributed by atoms with Crippen LogP contribution >= 0.6 is 0 Å². The van der Waals surface area contributed by atoms with Gasteiger partial charge in [0, 0.05) is 12.1 Å². The minimum Gasteiger partial charge on any atom is -0.285 e. The average Bonchev–Trinajstić information content (AvgIpc) is 2.52. The molecule has 2 aromatic rings. The standard InChI is InChI=1S/C21H25N/c1-5-14-22-21(20-9-7-6-8-17(20)3)13-12-19-11-10-16(2)18(4)15-19/h6-13,15H,5,14H2,1-4H3/b13-12+,22-21?. The van der Waals surface area contributed by atoms with Crippen molar-refractivity contribution in [3.8, 4) is 0 Å². The Morgan fingerprint density at radius 2 is 1.73 bits per heavy atom. The highest BCUT2D eigenvalue weighted by Crippen LogP contribution is 2.14. The largest absolute Gasteiger partial charge is 0.285 e. The highest BCUT2D eigenvalue weighted by Gasteiger charge is 2.03. The van der Waals surface area contributed by atoms with E-state index in [4.69, 9.17) is 4.99 Å². The molecule has 0 saturated carbocycles. The minimum atomic E-state index is 0.862. The van der Waals surface area contributed by atoms with Gasteiger partial charge in [0.25, 0.3) is 0 Å². The van der Waals surface area contributed by atoms with Gasteiger partial charge in [0.05, 0.1) is 5.71 Å². The first-order valence-electron chi connectivity index (χ1n) is 7.97. The molecule has 2 aromatic carbocycles. The molecule has 0 spiro atoms. The third-order valence-corrected chi connectivity index (χ3v) is 3.89. The highest BCUT2D eigenvalue weighted by atomic mass is 14.7. The predicted octanol–water partition coefficient (Wildman–Crippen LogP) is 5.52. The molecule has 1 nitrogen and oxygen atoms in total. The van der Waals surface area contributed by atoms with Gasteiger partial charge in [-0.2, -0.15) is 0 Å². The van der Waals surface area contributed by atoms with Gasteiger partial charge in [-0.1, -0.05) is 55.5 Å². The molecule has 0 saturated heterocycles. The molecule has 1 heteroatoms. The normalized spacial score (nSPS) is 12.1. The SMILES string of the molecule is CCCN=C(/C=C/c1ccc(C)c(C)c1)c1ccccc1C. The zero-order valence-corrected chi connectivity index (χ0v) is 14.1. The second-order valence-electron chi connectivity index (χ2n) is 5.76. The van der Waals surface area contributed by atoms with E-state index in [1.54, 1.807) is 0 Å². The fourth-order valence-electron chi connectivity index (χ4n) is 2.36. The monoisotopic (exact) mass is 291 g/mol. The van der Waals surface area contributed by atoms with Crippen LogP contribution in [0.3, 0.4) is 0 Å². The van der Waals surface area contributed by atoms with Crippen LogP contribution in [0.15, 0.2) is 53.5 Å². The van der Waals surface area contributed by atoms with E-state index in [2.05, 4.69) is 82.3 Å². The zero-order valence-electron chi connectivity index (χ0n) is 14.1. The summed E-state index contributed by atoms with van der Waals surface area (Å²) in [5, 5.41) is 0. The van der Waals surface area contributed by atoms with Crippen molar-refractivity contribution in [2.75, 3.05) is 6.54 Å². The van der Waals surface area contributed by atoms with Gasteiger partial charge < -0.3 is 0 Å². The molecule has 0 heterocycles. The number of aryl methyl sites for hydroxylation is 3. The van der Waals surface area contributed by atoms with Crippen LogP contribution < -0.4 is 0 Å². The molecule has 0 aliphatic heterocycles. The number of aliphatic imine (C=N–C) groups is 1. The first-order chi connectivity index (χ1) is 10.6. The number of allylic oxidation sites excluding steroid dienone is 1. The Kier molecular flexibility index (Phi) is 5.71. The lowest BCUT2D eigenvalue weighted by atomic mass is 10.0. The molecule has 0 fully saturated rings. The quantitative estimate of drug-likeness (QED) is 0.643. The van der Waals surface area contributed by atoms with E-state index in [1.807, 2.05) is 0 Å². The fraction of sp³-hybridized carbons (Fsp3) is 0.286. The Hall–Kier alpha value is -2.15. The summed E-state index contributed by atoms with van der Waals surface area (Å²) < 4.78 is 0. The van der Waals surface area contributed by atoms with Crippen LogP contribution in [0.1, 0.15) is 41.2 Å². The van der Waals surface area contributed by atoms with Crippen LogP contribution in [-0.2, 0) is 0 Å². The summed E-state index contributed by atoms with van der Waals surface area (Å²) in [5.74, 6) is 0. The van der Waals surface area contributed by atoms with E-state index in [0.29, 0.717) is 0 Å². The number of nitrogens with zero attached hydrogens (tertiary/aromatic N) is 1. The van der Waals surface area contributed by atoms with E-state index < -0.39 is 0 Å². The Labute approximate surface area is 134 Å². The van der Waals surface area contributed by atoms with Crippen molar-refractivity contribution in [1.82, 2.24) is 0 Å². The predicted molar refractivity (Wildman–Crippen MR) is 97.8 cm³/mol. The molecular formula is C21H25N. The Morgan fingerprint density at radius 1 is 0.955 bits per heavy atom. The van der Waals surface area contributed by atoms with Crippen molar-refractivity contribution < 1.29 is 0 Å². The van der Waals surface area contributed by atoms with Gasteiger partial charge in [-0.15, -0.1) is 0 Å². The molecule has 0 amide bonds. The van der Waals surface area contributed by atoms with Crippen molar-refractivity contribution in [2.24, 2.45) is 4.99 Å². The van der Waals surface area contributed by atoms with Gasteiger partial charge >= 0.3 is 0 Å². The highest BCUT2D eigenvalue weighted by molar-refractivity contribution is 6.11. The topological polar surface area (TPSA) is 12.4 Å². The van der Waals surface area contributed by atoms with E-state index >= 15 is 0 Å². The fourth-order valence-corrected chi connectivity index (χ4v) is 2.36. The minimum absolute atomic E-state index is 0.862. The maximum Gasteiger partial charge on any atom is 0.0649 e. The van der Waals surface area contributed by atoms with Crippen LogP contribution in [0.2, 0.25) is 0 Å². The van der Waals surface area contributed by atoms with Crippen molar-refractivity contribution in [2.45, 2.75) is 34.1 Å². The maximum absolute atomic E-state index is 4.76. The van der Waals surface area contributed by atoms with E-state index in [9.17, 15) is 0 Å². The summed E-state index contributed by atoms with van der Waals surface area (Å²) in [7, 11) is 0. The average molecular weight is 291 g/mol. The number of hydrogen-bond acceptors (Lipinski definition) is 1. The summed E-state index contributed by atoms with van der Waals surface area (Å²) >= 11 is 0. The molecule has 0 aromatic heterocycles. The molecule has 0 aliphatic rings. The summed E-state index contributed by atoms with van der Waals surface area (Å²) in [6.45, 7) is 9.46. The molecule has 2 rings (SSSR count). The second-order valence-corrected chi connectivity index (χ2v) is 5.76. The summed E-state index contributed by atoms with van der Waals surface area (Å²) in [6, 6.07) is 15.0. The Morgan fingerprint density at radius 3 is 2.41 bits per heavy atom. The van der Waals surface area contributed by atoms with Gasteiger partial charge in [-0.05, 0) is 55.5 Å². The third kappa shape index (κ3) is 4.17. The van der Waals surface area contributed by atoms with Crippen LogP contribution in [0, 0.1) is 20.8 Å². The first-order valence-corrected chi connectivity index (χ1v) is 7.97. The summed E-state index contributed by atoms with van der Waals surface area (Å²) in [6.07, 6.45) is 5.36. The number of hydrogen-bond donors (Lipinski definition) is 0. The molecule has 0 N–H and O–H groups in total. The maximum atomic E-state index is 4.76. The summed E-state index contributed by atoms with van der Waals surface area (Å²) in [5.41, 5.74) is 7.43. The van der Waals surface area contributed by atoms with Gasteiger partial charge in [0.2, 0.25) is 0 Å². The second kappa shape index (κ2) is 7.74. The van der Waals surface area contributed by atoms with Crippen molar-refractivity contribution in [3.63, 3.8) is 0 Å². The zero-order chi connectivity index (χ0) is 15.9. The molecule has 114 valence electrons. The first kappa shape index (κ1) is 16.2. The van der Waals surface area contributed by atoms with E-state index in [-0.39, 0.29) is 0 Å². The van der Waals surface area contributed by atoms with Crippen molar-refractivity contribution in [1.29, 1.82) is 0 Å². The smallest absolute Gasteiger partial charge is 0.0649 e. The molecule has 0 bridgehead atoms. The van der Waals surface area contributed by atoms with Gasteiger partial charge in [0.15, 0.2) is 0 Å². The summed E-state index contributed by atoms with van der Waals surface area (Å²) in [4.78, 5) is 4.76.